The lowest BCUT2D eigenvalue weighted by Gasteiger charge is -2.24. The highest BCUT2D eigenvalue weighted by atomic mass is 16.2. The van der Waals surface area contributed by atoms with Gasteiger partial charge in [-0.15, -0.1) is 0 Å². The van der Waals surface area contributed by atoms with Gasteiger partial charge in [-0.25, -0.2) is 4.98 Å². The first-order chi connectivity index (χ1) is 12.4. The fourth-order valence-electron chi connectivity index (χ4n) is 2.61. The number of imide groups is 1. The summed E-state index contributed by atoms with van der Waals surface area (Å²) in [5.41, 5.74) is 0.518. The molecule has 1 saturated heterocycles. The van der Waals surface area contributed by atoms with Crippen LogP contribution in [0.15, 0.2) is 17.4 Å². The van der Waals surface area contributed by atoms with Crippen molar-refractivity contribution in [2.45, 2.75) is 67.3 Å². The van der Waals surface area contributed by atoms with Crippen molar-refractivity contribution >= 4 is 23.5 Å². The molecule has 2 heterocycles. The van der Waals surface area contributed by atoms with Gasteiger partial charge in [0.15, 0.2) is 0 Å². The van der Waals surface area contributed by atoms with Gasteiger partial charge in [-0.3, -0.25) is 24.3 Å². The minimum atomic E-state index is -0.700. The maximum atomic E-state index is 12.8. The predicted molar refractivity (Wildman–Crippen MR) is 106 cm³/mol. The Kier molecular flexibility index (Phi) is 10.1. The van der Waals surface area contributed by atoms with Crippen LogP contribution in [0.1, 0.15) is 66.3 Å². The van der Waals surface area contributed by atoms with Gasteiger partial charge in [-0.1, -0.05) is 46.4 Å². The summed E-state index contributed by atoms with van der Waals surface area (Å²) in [7, 11) is 0. The van der Waals surface area contributed by atoms with Crippen molar-refractivity contribution in [2.24, 2.45) is 0 Å². The molecule has 2 amide bonds. The number of nitrogens with one attached hydrogen (secondary N) is 1. The fraction of sp³-hybridized carbons (Fsp3) is 0.500. The number of hydrogen-bond donors (Lipinski definition) is 1. The molecule has 1 aliphatic heterocycles. The molecular formula is C20H31N3O3. The van der Waals surface area contributed by atoms with Crippen molar-refractivity contribution in [3.8, 4) is 0 Å². The lowest BCUT2D eigenvalue weighted by Crippen LogP contribution is -2.53. The monoisotopic (exact) mass is 361 g/mol. The van der Waals surface area contributed by atoms with Crippen molar-refractivity contribution in [2.75, 3.05) is 0 Å². The first kappa shape index (κ1) is 23.5. The summed E-state index contributed by atoms with van der Waals surface area (Å²) in [6.07, 6.45) is 3.84. The van der Waals surface area contributed by atoms with Crippen LogP contribution in [-0.4, -0.2) is 21.4 Å². The summed E-state index contributed by atoms with van der Waals surface area (Å²) in [6, 6.07) is -0.700. The number of nitrogens with zero attached hydrogens (tertiary/aromatic N) is 2. The molecule has 1 aliphatic rings. The van der Waals surface area contributed by atoms with Crippen LogP contribution in [0, 0.1) is 6.92 Å². The molecule has 0 spiro atoms. The predicted octanol–water partition coefficient (Wildman–Crippen LogP) is 1.74. The number of aromatic nitrogens is 2. The third kappa shape index (κ3) is 5.00. The standard InChI is InChI=1S/C16H19N3O3.2C2H6/c1-5-9(3)14-11(6-2)16(22)19(10(4)17-14)12-7-8-13(20)18-15(12)21;2*1-2/h5-6,12H,1,7-8H2,2-4H3,(H,18,20,21);2*1-2H3/b11-6+,14-9+;;. The summed E-state index contributed by atoms with van der Waals surface area (Å²) in [6.45, 7) is 17.0. The van der Waals surface area contributed by atoms with E-state index in [1.54, 1.807) is 26.0 Å². The maximum Gasteiger partial charge on any atom is 0.261 e. The van der Waals surface area contributed by atoms with E-state index in [2.05, 4.69) is 16.9 Å². The molecule has 1 atom stereocenters. The van der Waals surface area contributed by atoms with Gasteiger partial charge in [0.1, 0.15) is 11.9 Å². The molecule has 1 unspecified atom stereocenters. The average Bonchev–Trinajstić information content (AvgIpc) is 2.65. The zero-order valence-corrected chi connectivity index (χ0v) is 17.0. The van der Waals surface area contributed by atoms with E-state index < -0.39 is 11.9 Å². The lowest BCUT2D eigenvalue weighted by molar-refractivity contribution is -0.135. The molecule has 0 aliphatic carbocycles. The van der Waals surface area contributed by atoms with Crippen molar-refractivity contribution in [1.82, 2.24) is 14.9 Å². The number of rotatable bonds is 2. The smallest absolute Gasteiger partial charge is 0.261 e. The van der Waals surface area contributed by atoms with Crippen LogP contribution in [0.25, 0.3) is 11.6 Å². The first-order valence-corrected chi connectivity index (χ1v) is 9.13. The van der Waals surface area contributed by atoms with Crippen LogP contribution >= 0.6 is 0 Å². The summed E-state index contributed by atoms with van der Waals surface area (Å²) >= 11 is 0. The number of allylic oxidation sites excluding steroid dienone is 1. The molecule has 0 bridgehead atoms. The van der Waals surface area contributed by atoms with Gasteiger partial charge in [0.2, 0.25) is 11.8 Å². The fourth-order valence-corrected chi connectivity index (χ4v) is 2.61. The second-order valence-electron chi connectivity index (χ2n) is 5.24. The molecule has 0 saturated carbocycles. The Labute approximate surface area is 155 Å². The molecule has 144 valence electrons. The van der Waals surface area contributed by atoms with Gasteiger partial charge >= 0.3 is 0 Å². The quantitative estimate of drug-likeness (QED) is 0.814. The highest BCUT2D eigenvalue weighted by Crippen LogP contribution is 2.16. The van der Waals surface area contributed by atoms with E-state index in [1.165, 1.54) is 4.57 Å². The Morgan fingerprint density at radius 1 is 1.23 bits per heavy atom. The third-order valence-corrected chi connectivity index (χ3v) is 3.82. The minimum Gasteiger partial charge on any atom is -0.295 e. The van der Waals surface area contributed by atoms with Gasteiger partial charge in [-0.2, -0.15) is 0 Å². The second-order valence-corrected chi connectivity index (χ2v) is 5.24. The van der Waals surface area contributed by atoms with Crippen LogP contribution < -0.4 is 21.4 Å². The molecule has 1 N–H and O–H groups in total. The Bertz CT molecular complexity index is 835. The summed E-state index contributed by atoms with van der Waals surface area (Å²) in [5, 5.41) is 3.28. The number of piperidine rings is 1. The van der Waals surface area contributed by atoms with Crippen LogP contribution in [0.2, 0.25) is 0 Å². The van der Waals surface area contributed by atoms with Crippen LogP contribution in [0.4, 0.5) is 0 Å². The van der Waals surface area contributed by atoms with E-state index in [1.807, 2.05) is 34.6 Å². The number of amides is 2. The molecule has 6 nitrogen and oxygen atoms in total. The van der Waals surface area contributed by atoms with Gasteiger partial charge in [-0.05, 0) is 32.8 Å². The molecular weight excluding hydrogens is 330 g/mol. The van der Waals surface area contributed by atoms with Crippen LogP contribution in [0.3, 0.4) is 0 Å². The summed E-state index contributed by atoms with van der Waals surface area (Å²) in [5.74, 6) is -0.321. The molecule has 26 heavy (non-hydrogen) atoms. The average molecular weight is 361 g/mol. The van der Waals surface area contributed by atoms with Gasteiger partial charge < -0.3 is 0 Å². The van der Waals surface area contributed by atoms with Crippen molar-refractivity contribution < 1.29 is 9.59 Å². The minimum absolute atomic E-state index is 0.215. The number of carbonyl (C=O) groups excluding carboxylic acids is 2. The highest BCUT2D eigenvalue weighted by molar-refractivity contribution is 5.99. The van der Waals surface area contributed by atoms with Crippen LogP contribution in [0.5, 0.6) is 0 Å². The molecule has 1 aromatic rings. The van der Waals surface area contributed by atoms with E-state index in [9.17, 15) is 14.4 Å². The van der Waals surface area contributed by atoms with E-state index in [-0.39, 0.29) is 17.9 Å². The molecule has 0 radical (unpaired) electrons. The maximum absolute atomic E-state index is 12.8. The Morgan fingerprint density at radius 3 is 2.27 bits per heavy atom. The second kappa shape index (κ2) is 11.2. The largest absolute Gasteiger partial charge is 0.295 e. The topological polar surface area (TPSA) is 81.1 Å². The van der Waals surface area contributed by atoms with Crippen LogP contribution in [-0.2, 0) is 9.59 Å². The number of hydrogen-bond acceptors (Lipinski definition) is 4. The SMILES string of the molecule is C=C/C(C)=c1/nc(C)n(C2CCC(=O)NC2=O)c(=O)/c1=C/C.CC.CC. The molecule has 1 fully saturated rings. The normalized spacial score (nSPS) is 18.0. The number of carbonyl (C=O) groups is 2. The van der Waals surface area contributed by atoms with E-state index in [0.717, 1.165) is 5.57 Å². The lowest BCUT2D eigenvalue weighted by atomic mass is 10.1. The summed E-state index contributed by atoms with van der Waals surface area (Å²) in [4.78, 5) is 40.5. The molecule has 2 rings (SSSR count). The van der Waals surface area contributed by atoms with Gasteiger partial charge in [0.05, 0.1) is 10.6 Å². The zero-order chi connectivity index (χ0) is 20.4. The molecule has 0 aromatic carbocycles. The Balaban J connectivity index is 0.00000146. The van der Waals surface area contributed by atoms with Crippen molar-refractivity contribution in [1.29, 1.82) is 0 Å². The van der Waals surface area contributed by atoms with E-state index >= 15 is 0 Å². The molecule has 1 aromatic heterocycles. The Morgan fingerprint density at radius 2 is 1.81 bits per heavy atom. The van der Waals surface area contributed by atoms with Gasteiger partial charge in [0.25, 0.3) is 5.56 Å². The van der Waals surface area contributed by atoms with Crippen molar-refractivity contribution in [3.63, 3.8) is 0 Å². The first-order valence-electron chi connectivity index (χ1n) is 9.13. The van der Waals surface area contributed by atoms with Gasteiger partial charge in [0, 0.05) is 6.42 Å². The highest BCUT2D eigenvalue weighted by Gasteiger charge is 2.30. The van der Waals surface area contributed by atoms with E-state index in [0.29, 0.717) is 22.8 Å². The summed E-state index contributed by atoms with van der Waals surface area (Å²) < 4.78 is 1.37. The third-order valence-electron chi connectivity index (χ3n) is 3.82. The van der Waals surface area contributed by atoms with Crippen molar-refractivity contribution in [3.05, 3.63) is 39.4 Å². The van der Waals surface area contributed by atoms with E-state index in [4.69, 9.17) is 0 Å². The Hall–Kier alpha value is -2.50. The zero-order valence-electron chi connectivity index (χ0n) is 17.0. The molecule has 6 heteroatoms. The number of aryl methyl sites for hydroxylation is 1.